The maximum absolute atomic E-state index is 13.7. The Hall–Kier alpha value is -2.43. The molecular weight excluding hydrogens is 247 g/mol. The molecule has 19 heavy (non-hydrogen) atoms. The average molecular weight is 262 g/mol. The molecule has 1 heterocycles. The summed E-state index contributed by atoms with van der Waals surface area (Å²) in [5.74, 6) is -0.844. The Morgan fingerprint density at radius 3 is 2.79 bits per heavy atom. The lowest BCUT2D eigenvalue weighted by Crippen LogP contribution is -2.03. The molecule has 1 aromatic carbocycles. The van der Waals surface area contributed by atoms with Gasteiger partial charge in [-0.3, -0.25) is 4.98 Å². The van der Waals surface area contributed by atoms with Crippen molar-refractivity contribution in [2.45, 2.75) is 0 Å². The number of pyridine rings is 1. The van der Waals surface area contributed by atoms with Crippen molar-refractivity contribution in [1.29, 1.82) is 0 Å². The van der Waals surface area contributed by atoms with Gasteiger partial charge in [0.25, 0.3) is 0 Å². The van der Waals surface area contributed by atoms with Crippen LogP contribution in [-0.4, -0.2) is 25.1 Å². The number of benzene rings is 1. The molecule has 0 bridgehead atoms. The van der Waals surface area contributed by atoms with Gasteiger partial charge in [0.2, 0.25) is 0 Å². The SMILES string of the molecule is CNc1cc(C(=O)OC)ccc1-c1ccncc1F.[HH]. The number of carbonyl (C=O) groups excluding carboxylic acids is 1. The van der Waals surface area contributed by atoms with Crippen molar-refractivity contribution in [2.24, 2.45) is 0 Å². The second-order valence-electron chi connectivity index (χ2n) is 3.86. The molecule has 100 valence electrons. The molecule has 0 unspecified atom stereocenters. The Labute approximate surface area is 111 Å². The number of ether oxygens (including phenoxy) is 1. The van der Waals surface area contributed by atoms with Crippen LogP contribution in [0.4, 0.5) is 10.1 Å². The fraction of sp³-hybridized carbons (Fsp3) is 0.143. The van der Waals surface area contributed by atoms with E-state index < -0.39 is 11.8 Å². The zero-order valence-corrected chi connectivity index (χ0v) is 10.6. The lowest BCUT2D eigenvalue weighted by molar-refractivity contribution is 0.0601. The highest BCUT2D eigenvalue weighted by atomic mass is 19.1. The standard InChI is InChI=1S/C14H13FN2O2.H2/c1-16-13-7-9(14(18)19-2)3-4-11(13)10-5-6-17-8-12(10)15;/h3-8,16H,1-2H3;1H. The zero-order valence-electron chi connectivity index (χ0n) is 10.6. The first-order valence-corrected chi connectivity index (χ1v) is 5.67. The first-order valence-electron chi connectivity index (χ1n) is 5.67. The summed E-state index contributed by atoms with van der Waals surface area (Å²) in [5.41, 5.74) is 2.14. The third-order valence-corrected chi connectivity index (χ3v) is 2.77. The molecule has 0 saturated carbocycles. The summed E-state index contributed by atoms with van der Waals surface area (Å²) in [6, 6.07) is 6.49. The van der Waals surface area contributed by atoms with Crippen LogP contribution in [0.5, 0.6) is 0 Å². The third kappa shape index (κ3) is 2.54. The lowest BCUT2D eigenvalue weighted by Gasteiger charge is -2.11. The summed E-state index contributed by atoms with van der Waals surface area (Å²) >= 11 is 0. The zero-order chi connectivity index (χ0) is 13.8. The number of anilines is 1. The Morgan fingerprint density at radius 2 is 2.16 bits per heavy atom. The van der Waals surface area contributed by atoms with Gasteiger partial charge in [-0.15, -0.1) is 0 Å². The van der Waals surface area contributed by atoms with Crippen molar-refractivity contribution in [3.8, 4) is 11.1 Å². The van der Waals surface area contributed by atoms with Crippen LogP contribution < -0.4 is 5.32 Å². The highest BCUT2D eigenvalue weighted by molar-refractivity contribution is 5.93. The number of methoxy groups -OCH3 is 1. The normalized spacial score (nSPS) is 10.1. The first kappa shape index (κ1) is 13.0. The van der Waals surface area contributed by atoms with E-state index in [1.54, 1.807) is 31.3 Å². The van der Waals surface area contributed by atoms with Gasteiger partial charge in [-0.25, -0.2) is 9.18 Å². The van der Waals surface area contributed by atoms with Gasteiger partial charge in [0.1, 0.15) is 5.82 Å². The highest BCUT2D eigenvalue weighted by Crippen LogP contribution is 2.30. The lowest BCUT2D eigenvalue weighted by atomic mass is 10.0. The van der Waals surface area contributed by atoms with E-state index in [4.69, 9.17) is 0 Å². The summed E-state index contributed by atoms with van der Waals surface area (Å²) in [4.78, 5) is 15.2. The van der Waals surface area contributed by atoms with E-state index in [1.165, 1.54) is 13.3 Å². The van der Waals surface area contributed by atoms with E-state index in [9.17, 15) is 9.18 Å². The van der Waals surface area contributed by atoms with Crippen LogP contribution in [0.2, 0.25) is 0 Å². The summed E-state index contributed by atoms with van der Waals surface area (Å²) < 4.78 is 18.4. The van der Waals surface area contributed by atoms with Crippen molar-refractivity contribution in [3.63, 3.8) is 0 Å². The van der Waals surface area contributed by atoms with E-state index in [-0.39, 0.29) is 1.43 Å². The molecule has 5 heteroatoms. The van der Waals surface area contributed by atoms with Crippen LogP contribution in [0.1, 0.15) is 11.8 Å². The minimum Gasteiger partial charge on any atom is -0.465 e. The van der Waals surface area contributed by atoms with Gasteiger partial charge in [-0.2, -0.15) is 0 Å². The van der Waals surface area contributed by atoms with Crippen LogP contribution in [-0.2, 0) is 4.74 Å². The predicted octanol–water partition coefficient (Wildman–Crippen LogP) is 2.96. The average Bonchev–Trinajstić information content (AvgIpc) is 2.46. The number of nitrogens with one attached hydrogen (secondary N) is 1. The van der Waals surface area contributed by atoms with Crippen LogP contribution in [0.3, 0.4) is 0 Å². The van der Waals surface area contributed by atoms with Crippen LogP contribution in [0, 0.1) is 5.82 Å². The molecule has 1 aromatic heterocycles. The Kier molecular flexibility index (Phi) is 3.75. The molecule has 2 rings (SSSR count). The fourth-order valence-electron chi connectivity index (χ4n) is 1.82. The second kappa shape index (κ2) is 5.48. The topological polar surface area (TPSA) is 51.2 Å². The minimum atomic E-state index is -0.432. The molecule has 0 atom stereocenters. The molecule has 4 nitrogen and oxygen atoms in total. The molecule has 1 N–H and O–H groups in total. The van der Waals surface area contributed by atoms with Crippen LogP contribution in [0.25, 0.3) is 11.1 Å². The Bertz CT molecular complexity index is 620. The van der Waals surface area contributed by atoms with Crippen LogP contribution in [0.15, 0.2) is 36.7 Å². The third-order valence-electron chi connectivity index (χ3n) is 2.77. The molecule has 0 aliphatic rings. The summed E-state index contributed by atoms with van der Waals surface area (Å²) in [5, 5.41) is 2.95. The smallest absolute Gasteiger partial charge is 0.337 e. The van der Waals surface area contributed by atoms with Crippen molar-refractivity contribution >= 4 is 11.7 Å². The van der Waals surface area contributed by atoms with Gasteiger partial charge in [0, 0.05) is 31.5 Å². The van der Waals surface area contributed by atoms with Crippen molar-refractivity contribution in [3.05, 3.63) is 48.0 Å². The number of carbonyl (C=O) groups is 1. The van der Waals surface area contributed by atoms with Gasteiger partial charge >= 0.3 is 5.97 Å². The van der Waals surface area contributed by atoms with E-state index in [0.29, 0.717) is 22.4 Å². The minimum absolute atomic E-state index is 0. The summed E-state index contributed by atoms with van der Waals surface area (Å²) in [6.45, 7) is 0. The predicted molar refractivity (Wildman–Crippen MR) is 72.6 cm³/mol. The Morgan fingerprint density at radius 1 is 1.37 bits per heavy atom. The maximum Gasteiger partial charge on any atom is 0.337 e. The molecule has 0 spiro atoms. The van der Waals surface area contributed by atoms with Crippen LogP contribution >= 0.6 is 0 Å². The molecule has 0 radical (unpaired) electrons. The number of rotatable bonds is 3. The molecule has 0 amide bonds. The van der Waals surface area contributed by atoms with Gasteiger partial charge in [0.05, 0.1) is 18.9 Å². The van der Waals surface area contributed by atoms with Gasteiger partial charge in [-0.05, 0) is 18.2 Å². The number of nitrogens with zero attached hydrogens (tertiary/aromatic N) is 1. The van der Waals surface area contributed by atoms with E-state index >= 15 is 0 Å². The Balaban J connectivity index is 0.00000200. The number of halogens is 1. The fourth-order valence-corrected chi connectivity index (χ4v) is 1.82. The first-order chi connectivity index (χ1) is 9.17. The number of hydrogen-bond donors (Lipinski definition) is 1. The van der Waals surface area contributed by atoms with Gasteiger partial charge < -0.3 is 10.1 Å². The second-order valence-corrected chi connectivity index (χ2v) is 3.86. The summed E-state index contributed by atoms with van der Waals surface area (Å²) in [7, 11) is 3.02. The van der Waals surface area contributed by atoms with E-state index in [2.05, 4.69) is 15.0 Å². The number of aromatic nitrogens is 1. The molecule has 0 aliphatic heterocycles. The highest BCUT2D eigenvalue weighted by Gasteiger charge is 2.12. The number of hydrogen-bond acceptors (Lipinski definition) is 4. The molecule has 0 fully saturated rings. The van der Waals surface area contributed by atoms with E-state index in [1.807, 2.05) is 0 Å². The van der Waals surface area contributed by atoms with Gasteiger partial charge in [-0.1, -0.05) is 6.07 Å². The molecule has 0 aliphatic carbocycles. The molecule has 2 aromatic rings. The molecule has 0 saturated heterocycles. The molecular formula is C14H15FN2O2. The number of esters is 1. The van der Waals surface area contributed by atoms with Gasteiger partial charge in [0.15, 0.2) is 0 Å². The van der Waals surface area contributed by atoms with Crippen molar-refractivity contribution in [2.75, 3.05) is 19.5 Å². The maximum atomic E-state index is 13.7. The summed E-state index contributed by atoms with van der Waals surface area (Å²) in [6.07, 6.45) is 2.68. The van der Waals surface area contributed by atoms with Crippen molar-refractivity contribution < 1.29 is 15.3 Å². The largest absolute Gasteiger partial charge is 0.465 e. The quantitative estimate of drug-likeness (QED) is 0.864. The monoisotopic (exact) mass is 262 g/mol. The van der Waals surface area contributed by atoms with E-state index in [0.717, 1.165) is 6.20 Å². The van der Waals surface area contributed by atoms with Crippen molar-refractivity contribution in [1.82, 2.24) is 4.98 Å².